The maximum absolute atomic E-state index is 15.2. The van der Waals surface area contributed by atoms with E-state index in [1.165, 1.54) is 44.2 Å². The number of hydrogen-bond acceptors (Lipinski definition) is 15. The summed E-state index contributed by atoms with van der Waals surface area (Å²) in [6, 6.07) is 14.4. The molecule has 0 fully saturated rings. The maximum Gasteiger partial charge on any atom is 0.407 e. The lowest BCUT2D eigenvalue weighted by Gasteiger charge is -2.32. The number of nitrogens with one attached hydrogen (secondary N) is 3. The molecule has 0 saturated heterocycles. The highest BCUT2D eigenvalue weighted by molar-refractivity contribution is 6.01. The molecule has 19 heteroatoms. The van der Waals surface area contributed by atoms with Gasteiger partial charge in [-0.05, 0) is 108 Å². The number of phenolic OH excluding ortho intramolecular Hbond substituents is 1. The fraction of sp³-hybridized carbons (Fsp3) is 0.500. The molecule has 1 aliphatic heterocycles. The molecular formula is C58H76N6O13. The van der Waals surface area contributed by atoms with Crippen LogP contribution >= 0.6 is 0 Å². The second-order valence-corrected chi connectivity index (χ2v) is 22.6. The van der Waals surface area contributed by atoms with Crippen LogP contribution in [0.1, 0.15) is 133 Å². The molecule has 5 atom stereocenters. The summed E-state index contributed by atoms with van der Waals surface area (Å²) in [6.45, 7) is 20.7. The van der Waals surface area contributed by atoms with Gasteiger partial charge in [-0.25, -0.2) is 24.4 Å². The van der Waals surface area contributed by atoms with Crippen LogP contribution in [-0.4, -0.2) is 124 Å². The van der Waals surface area contributed by atoms with Crippen molar-refractivity contribution in [3.05, 3.63) is 94.3 Å². The third-order valence-corrected chi connectivity index (χ3v) is 12.7. The lowest BCUT2D eigenvalue weighted by atomic mass is 9.86. The molecule has 4 amide bonds. The first-order chi connectivity index (χ1) is 35.8. The van der Waals surface area contributed by atoms with E-state index in [4.69, 9.17) is 28.9 Å². The molecule has 2 heterocycles. The number of Topliss-reactive ketones (excluding diaryl/α,β-unsaturated/α-hetero) is 2. The van der Waals surface area contributed by atoms with E-state index in [-0.39, 0.29) is 78.1 Å². The highest BCUT2D eigenvalue weighted by Gasteiger charge is 2.37. The SMILES string of the molecule is COC(=O)[C@@H]1Cc2ccc(O)c(c2)-c2cc(ccc2OC[C@H](O)CNC(=O)OC(C)(C)C)[C@H](N(C)C(=O)[C@H](CCNC(=O)OC(C)(C)C)CC(=O)c2c(C)nc(-c3ccc(C(C)(C)C)cc3)nc2C)C(=O)C[C@@H](C)C(=O)N1. The molecule has 0 unspecified atom stereocenters. The fourth-order valence-corrected chi connectivity index (χ4v) is 8.84. The Morgan fingerprint density at radius 2 is 1.43 bits per heavy atom. The van der Waals surface area contributed by atoms with Crippen LogP contribution < -0.4 is 20.7 Å². The van der Waals surface area contributed by atoms with E-state index in [0.717, 1.165) is 11.1 Å². The monoisotopic (exact) mass is 1060 g/mol. The molecule has 3 aromatic carbocycles. The van der Waals surface area contributed by atoms with E-state index >= 15 is 4.79 Å². The van der Waals surface area contributed by atoms with Gasteiger partial charge in [0.25, 0.3) is 0 Å². The van der Waals surface area contributed by atoms with Gasteiger partial charge < -0.3 is 50.0 Å². The summed E-state index contributed by atoms with van der Waals surface area (Å²) in [5.74, 6) is -5.01. The summed E-state index contributed by atoms with van der Waals surface area (Å²) in [6.07, 6.45) is -3.70. The molecule has 5 rings (SSSR count). The molecule has 4 bridgehead atoms. The van der Waals surface area contributed by atoms with Crippen molar-refractivity contribution in [1.29, 1.82) is 0 Å². The number of rotatable bonds is 15. The topological polar surface area (TPSA) is 262 Å². The molecule has 0 saturated carbocycles. The number of phenols is 1. The van der Waals surface area contributed by atoms with Crippen molar-refractivity contribution in [3.63, 3.8) is 0 Å². The van der Waals surface area contributed by atoms with Crippen LogP contribution in [0.4, 0.5) is 9.59 Å². The van der Waals surface area contributed by atoms with Gasteiger partial charge in [0.1, 0.15) is 47.5 Å². The number of carbonyl (C=O) groups excluding carboxylic acids is 7. The number of aromatic nitrogens is 2. The van der Waals surface area contributed by atoms with Gasteiger partial charge in [0.05, 0.1) is 30.6 Å². The Morgan fingerprint density at radius 1 is 0.818 bits per heavy atom. The van der Waals surface area contributed by atoms with Gasteiger partial charge >= 0.3 is 18.2 Å². The number of amides is 4. The highest BCUT2D eigenvalue weighted by Crippen LogP contribution is 2.40. The predicted molar refractivity (Wildman–Crippen MR) is 288 cm³/mol. The molecule has 77 heavy (non-hydrogen) atoms. The minimum absolute atomic E-state index is 0.0686. The molecule has 0 aliphatic carbocycles. The standard InChI is InChI=1S/C58H76N6O13/c1-32-25-46(68)49(37-18-22-47(75-31-40(65)30-60-55(73)77-58(10,11)12)42(28-37)41-26-35(15-21-44(41)66)27-43(53(71)74-14)63-51(32)69)64(13)52(70)38(23-24-59-54(72)76-57(7,8)9)29-45(67)48-33(2)61-50(62-34(48)3)36-16-19-39(20-17-36)56(4,5)6/h15-22,26,28,32,38,40,43,49,65-66H,23-25,27,29-31H2,1-14H3,(H,59,72)(H,60,73)(H,63,69)/t32-,38-,40-,43+,49+/m1/s1. The highest BCUT2D eigenvalue weighted by atomic mass is 16.6. The van der Waals surface area contributed by atoms with Crippen LogP contribution in [0.5, 0.6) is 11.5 Å². The minimum Gasteiger partial charge on any atom is -0.507 e. The molecular weight excluding hydrogens is 989 g/mol. The zero-order valence-corrected chi connectivity index (χ0v) is 46.8. The third-order valence-electron chi connectivity index (χ3n) is 12.7. The Bertz CT molecular complexity index is 2810. The van der Waals surface area contributed by atoms with Crippen molar-refractivity contribution < 1.29 is 62.7 Å². The maximum atomic E-state index is 15.2. The lowest BCUT2D eigenvalue weighted by molar-refractivity contribution is -0.146. The Balaban J connectivity index is 1.59. The molecule has 1 aromatic heterocycles. The van der Waals surface area contributed by atoms with Gasteiger partial charge in [0, 0.05) is 61.4 Å². The van der Waals surface area contributed by atoms with Crippen molar-refractivity contribution in [2.75, 3.05) is 33.9 Å². The van der Waals surface area contributed by atoms with E-state index in [2.05, 4.69) is 36.7 Å². The number of hydrogen-bond donors (Lipinski definition) is 5. The number of carbonyl (C=O) groups is 7. The molecule has 0 radical (unpaired) electrons. The van der Waals surface area contributed by atoms with Crippen molar-refractivity contribution in [1.82, 2.24) is 30.8 Å². The van der Waals surface area contributed by atoms with E-state index in [1.54, 1.807) is 73.6 Å². The van der Waals surface area contributed by atoms with Crippen molar-refractivity contribution in [2.45, 2.75) is 144 Å². The second kappa shape index (κ2) is 25.2. The Morgan fingerprint density at radius 3 is 2.01 bits per heavy atom. The van der Waals surface area contributed by atoms with Crippen molar-refractivity contribution in [2.24, 2.45) is 11.8 Å². The Hall–Kier alpha value is -7.41. The third kappa shape index (κ3) is 16.8. The van der Waals surface area contributed by atoms with Crippen LogP contribution in [0.15, 0.2) is 60.7 Å². The molecule has 1 aliphatic rings. The first kappa shape index (κ1) is 60.5. The largest absolute Gasteiger partial charge is 0.507 e. The first-order valence-corrected chi connectivity index (χ1v) is 25.7. The van der Waals surface area contributed by atoms with E-state index in [9.17, 15) is 39.0 Å². The van der Waals surface area contributed by atoms with Crippen molar-refractivity contribution >= 4 is 41.5 Å². The number of fused-ring (bicyclic) bond motifs is 5. The summed E-state index contributed by atoms with van der Waals surface area (Å²) in [5.41, 5.74) is 2.28. The zero-order chi connectivity index (χ0) is 57.3. The number of benzene rings is 3. The average molecular weight is 1070 g/mol. The molecule has 0 spiro atoms. The normalized spacial score (nSPS) is 16.9. The van der Waals surface area contributed by atoms with E-state index < -0.39 is 89.2 Å². The van der Waals surface area contributed by atoms with Crippen LogP contribution in [0.3, 0.4) is 0 Å². The van der Waals surface area contributed by atoms with Crippen molar-refractivity contribution in [3.8, 4) is 34.0 Å². The average Bonchev–Trinajstić information content (AvgIpc) is 3.33. The van der Waals surface area contributed by atoms with Gasteiger partial charge in [0.2, 0.25) is 11.8 Å². The minimum atomic E-state index is -1.44. The summed E-state index contributed by atoms with van der Waals surface area (Å²) in [4.78, 5) is 108. The number of likely N-dealkylation sites (N-methyl/N-ethyl adjacent to an activating group) is 1. The molecule has 5 N–H and O–H groups in total. The number of alkyl carbamates (subject to hydrolysis) is 2. The quantitative estimate of drug-likeness (QED) is 0.0432. The number of aliphatic hydroxyl groups excluding tert-OH is 1. The van der Waals surface area contributed by atoms with Crippen LogP contribution in [0.25, 0.3) is 22.5 Å². The first-order valence-electron chi connectivity index (χ1n) is 25.7. The fourth-order valence-electron chi connectivity index (χ4n) is 8.84. The van der Waals surface area contributed by atoms with Crippen LogP contribution in [-0.2, 0) is 45.2 Å². The number of aliphatic hydroxyl groups is 1. The van der Waals surface area contributed by atoms with Gasteiger partial charge in [-0.3, -0.25) is 19.2 Å². The summed E-state index contributed by atoms with van der Waals surface area (Å²) in [5, 5.41) is 30.3. The van der Waals surface area contributed by atoms with Gasteiger partial charge in [-0.15, -0.1) is 0 Å². The van der Waals surface area contributed by atoms with Gasteiger partial charge in [-0.2, -0.15) is 0 Å². The second-order valence-electron chi connectivity index (χ2n) is 22.6. The Kier molecular flexibility index (Phi) is 19.8. The van der Waals surface area contributed by atoms with Gasteiger partial charge in [-0.1, -0.05) is 64.1 Å². The summed E-state index contributed by atoms with van der Waals surface area (Å²) < 4.78 is 21.9. The number of methoxy groups -OCH3 is 1. The molecule has 19 nitrogen and oxygen atoms in total. The summed E-state index contributed by atoms with van der Waals surface area (Å²) >= 11 is 0. The number of nitrogens with zero attached hydrogens (tertiary/aromatic N) is 3. The zero-order valence-electron chi connectivity index (χ0n) is 46.8. The molecule has 4 aromatic rings. The van der Waals surface area contributed by atoms with Crippen LogP contribution in [0, 0.1) is 25.7 Å². The smallest absolute Gasteiger partial charge is 0.407 e. The van der Waals surface area contributed by atoms with Crippen LogP contribution in [0.2, 0.25) is 0 Å². The predicted octanol–water partition coefficient (Wildman–Crippen LogP) is 7.81. The van der Waals surface area contributed by atoms with E-state index in [1.807, 2.05) is 24.3 Å². The van der Waals surface area contributed by atoms with Gasteiger partial charge in [0.15, 0.2) is 17.4 Å². The number of aromatic hydroxyl groups is 1. The number of ketones is 2. The number of aryl methyl sites for hydroxylation is 2. The Labute approximate surface area is 451 Å². The number of ether oxygens (including phenoxy) is 4. The number of esters is 1. The summed E-state index contributed by atoms with van der Waals surface area (Å²) in [7, 11) is 2.58. The lowest BCUT2D eigenvalue weighted by Crippen LogP contribution is -2.46. The molecule has 416 valence electrons. The van der Waals surface area contributed by atoms with E-state index in [0.29, 0.717) is 22.8 Å².